The van der Waals surface area contributed by atoms with Crippen molar-refractivity contribution >= 4 is 11.3 Å². The summed E-state index contributed by atoms with van der Waals surface area (Å²) in [7, 11) is 1.75. The van der Waals surface area contributed by atoms with E-state index >= 15 is 0 Å². The van der Waals surface area contributed by atoms with Crippen LogP contribution < -0.4 is 0 Å². The Bertz CT molecular complexity index is 550. The fourth-order valence-electron chi connectivity index (χ4n) is 2.59. The quantitative estimate of drug-likeness (QED) is 0.856. The number of thiazole rings is 1. The summed E-state index contributed by atoms with van der Waals surface area (Å²) in [4.78, 5) is 12.4. The second kappa shape index (κ2) is 5.40. The molecule has 1 aliphatic rings. The van der Waals surface area contributed by atoms with Crippen LogP contribution in [0.4, 0.5) is 0 Å². The first kappa shape index (κ1) is 12.8. The van der Waals surface area contributed by atoms with Crippen LogP contribution in [0.25, 0.3) is 0 Å². The highest BCUT2D eigenvalue weighted by molar-refractivity contribution is 7.09. The van der Waals surface area contributed by atoms with Crippen LogP contribution in [0.15, 0.2) is 18.0 Å². The third kappa shape index (κ3) is 2.56. The van der Waals surface area contributed by atoms with Gasteiger partial charge in [0.2, 0.25) is 0 Å². The number of hydrogen-bond acceptors (Lipinski definition) is 5. The molecule has 0 saturated carbocycles. The zero-order chi connectivity index (χ0) is 13.2. The van der Waals surface area contributed by atoms with E-state index in [0.717, 1.165) is 31.9 Å². The second-order valence-corrected chi connectivity index (χ2v) is 5.87. The molecule has 0 bridgehead atoms. The molecule has 0 spiro atoms. The van der Waals surface area contributed by atoms with Gasteiger partial charge in [0.05, 0.1) is 35.9 Å². The van der Waals surface area contributed by atoms with Crippen molar-refractivity contribution < 1.29 is 4.74 Å². The van der Waals surface area contributed by atoms with Crippen LogP contribution in [0.2, 0.25) is 0 Å². The van der Waals surface area contributed by atoms with Crippen molar-refractivity contribution in [3.05, 3.63) is 34.3 Å². The minimum absolute atomic E-state index is 0.351. The van der Waals surface area contributed by atoms with E-state index in [2.05, 4.69) is 26.4 Å². The van der Waals surface area contributed by atoms with E-state index in [0.29, 0.717) is 6.04 Å². The van der Waals surface area contributed by atoms with E-state index in [1.165, 1.54) is 10.6 Å². The monoisotopic (exact) mass is 278 g/mol. The summed E-state index contributed by atoms with van der Waals surface area (Å²) in [5, 5.41) is 0. The average molecular weight is 278 g/mol. The van der Waals surface area contributed by atoms with Gasteiger partial charge in [-0.2, -0.15) is 0 Å². The molecule has 3 heterocycles. The first-order valence-corrected chi connectivity index (χ1v) is 7.27. The normalized spacial score (nSPS) is 19.6. The summed E-state index contributed by atoms with van der Waals surface area (Å²) >= 11 is 1.73. The van der Waals surface area contributed by atoms with Crippen molar-refractivity contribution in [1.82, 2.24) is 19.4 Å². The first-order chi connectivity index (χ1) is 9.28. The predicted molar refractivity (Wildman–Crippen MR) is 74.1 cm³/mol. The van der Waals surface area contributed by atoms with E-state index < -0.39 is 0 Å². The van der Waals surface area contributed by atoms with Gasteiger partial charge in [0.25, 0.3) is 0 Å². The Morgan fingerprint density at radius 2 is 2.42 bits per heavy atom. The SMILES string of the molecule is COC[C@@H]1CN(Cc2scnc2C)Cc2cncn21. The molecule has 6 heteroatoms. The number of fused-ring (bicyclic) bond motifs is 1. The molecular weight excluding hydrogens is 260 g/mol. The van der Waals surface area contributed by atoms with Crippen molar-refractivity contribution in [3.63, 3.8) is 0 Å². The van der Waals surface area contributed by atoms with E-state index in [9.17, 15) is 0 Å². The standard InChI is InChI=1S/C13H18N4OS/c1-10-13(19-9-15-10)6-16-4-11-3-14-8-17(11)12(5-16)7-18-2/h3,8-9,12H,4-7H2,1-2H3/t12-/m0/s1. The first-order valence-electron chi connectivity index (χ1n) is 6.39. The molecule has 1 aliphatic heterocycles. The topological polar surface area (TPSA) is 43.2 Å². The number of rotatable bonds is 4. The minimum atomic E-state index is 0.351. The molecule has 19 heavy (non-hydrogen) atoms. The smallest absolute Gasteiger partial charge is 0.0952 e. The summed E-state index contributed by atoms with van der Waals surface area (Å²) in [6.45, 7) is 5.70. The fraction of sp³-hybridized carbons (Fsp3) is 0.538. The molecule has 2 aromatic heterocycles. The van der Waals surface area contributed by atoms with E-state index in [1.807, 2.05) is 18.0 Å². The lowest BCUT2D eigenvalue weighted by atomic mass is 10.2. The van der Waals surface area contributed by atoms with Gasteiger partial charge in [-0.15, -0.1) is 11.3 Å². The van der Waals surface area contributed by atoms with E-state index in [1.54, 1.807) is 18.4 Å². The Morgan fingerprint density at radius 1 is 1.53 bits per heavy atom. The van der Waals surface area contributed by atoms with Crippen LogP contribution in [-0.2, 0) is 17.8 Å². The van der Waals surface area contributed by atoms with Gasteiger partial charge in [-0.05, 0) is 6.92 Å². The van der Waals surface area contributed by atoms with Crippen LogP contribution >= 0.6 is 11.3 Å². The molecule has 0 unspecified atom stereocenters. The molecular formula is C13H18N4OS. The highest BCUT2D eigenvalue weighted by Crippen LogP contribution is 2.24. The molecule has 1 atom stereocenters. The van der Waals surface area contributed by atoms with E-state index in [4.69, 9.17) is 4.74 Å². The van der Waals surface area contributed by atoms with Crippen LogP contribution in [0.3, 0.4) is 0 Å². The second-order valence-electron chi connectivity index (χ2n) is 4.93. The van der Waals surface area contributed by atoms with Crippen LogP contribution in [0.5, 0.6) is 0 Å². The highest BCUT2D eigenvalue weighted by atomic mass is 32.1. The van der Waals surface area contributed by atoms with Gasteiger partial charge in [0.1, 0.15) is 0 Å². The molecule has 0 saturated heterocycles. The van der Waals surface area contributed by atoms with Crippen LogP contribution in [-0.4, -0.2) is 39.7 Å². The molecule has 3 rings (SSSR count). The molecule has 5 nitrogen and oxygen atoms in total. The number of ether oxygens (including phenoxy) is 1. The van der Waals surface area contributed by atoms with Gasteiger partial charge < -0.3 is 9.30 Å². The Balaban J connectivity index is 1.77. The lowest BCUT2D eigenvalue weighted by Gasteiger charge is -2.33. The average Bonchev–Trinajstić information content (AvgIpc) is 3.00. The van der Waals surface area contributed by atoms with Crippen molar-refractivity contribution in [3.8, 4) is 0 Å². The molecule has 0 aliphatic carbocycles. The van der Waals surface area contributed by atoms with Gasteiger partial charge in [-0.1, -0.05) is 0 Å². The Labute approximate surface area is 116 Å². The number of aryl methyl sites for hydroxylation is 1. The predicted octanol–water partition coefficient (Wildman–Crippen LogP) is 1.85. The molecule has 0 amide bonds. The van der Waals surface area contributed by atoms with Crippen molar-refractivity contribution in [2.75, 3.05) is 20.3 Å². The number of imidazole rings is 1. The maximum atomic E-state index is 5.33. The van der Waals surface area contributed by atoms with Crippen molar-refractivity contribution in [1.29, 1.82) is 0 Å². The summed E-state index contributed by atoms with van der Waals surface area (Å²) < 4.78 is 7.57. The number of hydrogen-bond donors (Lipinski definition) is 0. The molecule has 102 valence electrons. The fourth-order valence-corrected chi connectivity index (χ4v) is 3.41. The van der Waals surface area contributed by atoms with Crippen LogP contribution in [0, 0.1) is 6.92 Å². The third-order valence-corrected chi connectivity index (χ3v) is 4.49. The maximum absolute atomic E-state index is 5.33. The summed E-state index contributed by atoms with van der Waals surface area (Å²) in [5.41, 5.74) is 4.33. The zero-order valence-corrected chi connectivity index (χ0v) is 12.1. The largest absolute Gasteiger partial charge is 0.382 e. The molecule has 0 N–H and O–H groups in total. The van der Waals surface area contributed by atoms with Gasteiger partial charge in [-0.3, -0.25) is 4.90 Å². The lowest BCUT2D eigenvalue weighted by molar-refractivity contribution is 0.0987. The summed E-state index contributed by atoms with van der Waals surface area (Å²) in [5.74, 6) is 0. The van der Waals surface area contributed by atoms with E-state index in [-0.39, 0.29) is 0 Å². The Kier molecular flexibility index (Phi) is 3.63. The van der Waals surface area contributed by atoms with Gasteiger partial charge >= 0.3 is 0 Å². The third-order valence-electron chi connectivity index (χ3n) is 3.57. The van der Waals surface area contributed by atoms with Gasteiger partial charge in [0.15, 0.2) is 0 Å². The van der Waals surface area contributed by atoms with Gasteiger partial charge in [-0.25, -0.2) is 9.97 Å². The molecule has 0 fully saturated rings. The maximum Gasteiger partial charge on any atom is 0.0952 e. The van der Waals surface area contributed by atoms with Crippen LogP contribution in [0.1, 0.15) is 22.3 Å². The Morgan fingerprint density at radius 3 is 3.16 bits per heavy atom. The zero-order valence-electron chi connectivity index (χ0n) is 11.2. The lowest BCUT2D eigenvalue weighted by Crippen LogP contribution is -2.38. The number of methoxy groups -OCH3 is 1. The van der Waals surface area contributed by atoms with Gasteiger partial charge in [0, 0.05) is 37.8 Å². The highest BCUT2D eigenvalue weighted by Gasteiger charge is 2.25. The minimum Gasteiger partial charge on any atom is -0.382 e. The summed E-state index contributed by atoms with van der Waals surface area (Å²) in [6.07, 6.45) is 3.86. The summed E-state index contributed by atoms with van der Waals surface area (Å²) in [6, 6.07) is 0.351. The molecule has 0 radical (unpaired) electrons. The molecule has 0 aromatic carbocycles. The molecule has 2 aromatic rings. The Hall–Kier alpha value is -1.24. The number of nitrogens with zero attached hydrogens (tertiary/aromatic N) is 4. The van der Waals surface area contributed by atoms with Crippen molar-refractivity contribution in [2.24, 2.45) is 0 Å². The van der Waals surface area contributed by atoms with Crippen molar-refractivity contribution in [2.45, 2.75) is 26.1 Å². The number of aromatic nitrogens is 3.